The fourth-order valence-electron chi connectivity index (χ4n) is 3.14. The zero-order chi connectivity index (χ0) is 23.5. The number of fused-ring (bicyclic) bond motifs is 1. The summed E-state index contributed by atoms with van der Waals surface area (Å²) in [5.74, 6) is 1.91. The second kappa shape index (κ2) is 9.86. The summed E-state index contributed by atoms with van der Waals surface area (Å²) in [5, 5.41) is 5.08. The number of hydrogen-bond donors (Lipinski definition) is 0. The van der Waals surface area contributed by atoms with Crippen molar-refractivity contribution in [2.24, 2.45) is 10.5 Å². The second-order valence-corrected chi connectivity index (χ2v) is 9.95. The third-order valence-electron chi connectivity index (χ3n) is 5.08. The van der Waals surface area contributed by atoms with Crippen molar-refractivity contribution in [3.8, 4) is 11.5 Å². The van der Waals surface area contributed by atoms with Crippen LogP contribution in [0.5, 0.6) is 11.5 Å². The molecule has 0 spiro atoms. The Morgan fingerprint density at radius 2 is 2.00 bits per heavy atom. The minimum absolute atomic E-state index is 0.0222. The average Bonchev–Trinajstić information content (AvgIpc) is 2.76. The molecule has 0 aliphatic rings. The Morgan fingerprint density at radius 1 is 1.25 bits per heavy atom. The maximum absolute atomic E-state index is 13.3. The van der Waals surface area contributed by atoms with Gasteiger partial charge in [-0.05, 0) is 42.2 Å². The van der Waals surface area contributed by atoms with Gasteiger partial charge in [-0.25, -0.2) is 4.98 Å². The smallest absolute Gasteiger partial charge is 0.282 e. The molecule has 0 amide bonds. The number of rotatable bonds is 7. The maximum atomic E-state index is 13.3. The van der Waals surface area contributed by atoms with Crippen LogP contribution in [0.1, 0.15) is 58.3 Å². The number of ether oxygens (including phenoxy) is 2. The summed E-state index contributed by atoms with van der Waals surface area (Å²) in [6, 6.07) is 11.1. The molecule has 0 bridgehead atoms. The van der Waals surface area contributed by atoms with Crippen LogP contribution in [0.2, 0.25) is 0 Å². The number of nitrogens with zero attached hydrogens (tertiary/aromatic N) is 3. The minimum Gasteiger partial charge on any atom is -0.493 e. The number of hydrogen-bond acceptors (Lipinski definition) is 5. The summed E-state index contributed by atoms with van der Waals surface area (Å²) in [4.78, 5) is 18.1. The summed E-state index contributed by atoms with van der Waals surface area (Å²) in [6.45, 7) is 10.9. The topological polar surface area (TPSA) is 65.7 Å². The van der Waals surface area contributed by atoms with Crippen LogP contribution in [0.3, 0.4) is 0 Å². The molecule has 0 fully saturated rings. The van der Waals surface area contributed by atoms with E-state index in [2.05, 4.69) is 48.7 Å². The van der Waals surface area contributed by atoms with Gasteiger partial charge in [-0.15, -0.1) is 0 Å². The quantitative estimate of drug-likeness (QED) is 0.374. The van der Waals surface area contributed by atoms with E-state index in [-0.39, 0.29) is 16.9 Å². The lowest BCUT2D eigenvalue weighted by atomic mass is 9.98. The largest absolute Gasteiger partial charge is 0.493 e. The van der Waals surface area contributed by atoms with Crippen LogP contribution in [0.25, 0.3) is 10.9 Å². The summed E-state index contributed by atoms with van der Waals surface area (Å²) >= 11 is 3.44. The van der Waals surface area contributed by atoms with Crippen LogP contribution in [0, 0.1) is 5.41 Å². The molecule has 0 saturated carbocycles. The molecule has 0 aliphatic carbocycles. The minimum atomic E-state index is -0.206. The van der Waals surface area contributed by atoms with Gasteiger partial charge in [0.2, 0.25) is 0 Å². The van der Waals surface area contributed by atoms with Crippen LogP contribution in [0.15, 0.2) is 50.8 Å². The Balaban J connectivity index is 2.14. The molecular formula is C25H30BrN3O3. The van der Waals surface area contributed by atoms with E-state index in [0.717, 1.165) is 16.5 Å². The Bertz CT molecular complexity index is 1200. The molecule has 1 aromatic heterocycles. The van der Waals surface area contributed by atoms with Gasteiger partial charge in [0.05, 0.1) is 30.8 Å². The Kier molecular flexibility index (Phi) is 7.39. The Hall–Kier alpha value is -2.67. The Labute approximate surface area is 197 Å². The van der Waals surface area contributed by atoms with Crippen molar-refractivity contribution in [3.63, 3.8) is 0 Å². The highest BCUT2D eigenvalue weighted by Gasteiger charge is 2.18. The number of aromatic nitrogens is 2. The normalized spacial score (nSPS) is 13.0. The first-order chi connectivity index (χ1) is 15.1. The molecule has 2 aromatic carbocycles. The molecule has 170 valence electrons. The van der Waals surface area contributed by atoms with E-state index in [1.807, 2.05) is 37.3 Å². The Morgan fingerprint density at radius 3 is 2.66 bits per heavy atom. The van der Waals surface area contributed by atoms with Crippen LogP contribution >= 0.6 is 15.9 Å². The predicted molar refractivity (Wildman–Crippen MR) is 133 cm³/mol. The standard InChI is InChI=1S/C25H30BrN3O3/c1-7-16(2)23-28-20-12-11-18(26)13-19(20)24(30)29(23)27-14-17-9-8-10-21(31-6)22(17)32-15-25(3,4)5/h8-14,16H,7,15H2,1-6H3/t16-/m1/s1. The highest BCUT2D eigenvalue weighted by molar-refractivity contribution is 9.10. The van der Waals surface area contributed by atoms with Gasteiger partial charge in [0.15, 0.2) is 11.5 Å². The second-order valence-electron chi connectivity index (χ2n) is 9.03. The monoisotopic (exact) mass is 499 g/mol. The number of benzene rings is 2. The molecule has 1 atom stereocenters. The molecule has 32 heavy (non-hydrogen) atoms. The van der Waals surface area contributed by atoms with E-state index in [1.54, 1.807) is 19.4 Å². The van der Waals surface area contributed by atoms with E-state index in [0.29, 0.717) is 34.8 Å². The third kappa shape index (κ3) is 5.38. The van der Waals surface area contributed by atoms with Crippen molar-refractivity contribution < 1.29 is 9.47 Å². The average molecular weight is 500 g/mol. The van der Waals surface area contributed by atoms with Gasteiger partial charge in [0.25, 0.3) is 5.56 Å². The predicted octanol–water partition coefficient (Wildman–Crippen LogP) is 5.99. The summed E-state index contributed by atoms with van der Waals surface area (Å²) < 4.78 is 13.8. The summed E-state index contributed by atoms with van der Waals surface area (Å²) in [7, 11) is 1.61. The van der Waals surface area contributed by atoms with Gasteiger partial charge in [-0.1, -0.05) is 56.6 Å². The van der Waals surface area contributed by atoms with Gasteiger partial charge in [-0.2, -0.15) is 9.78 Å². The molecule has 3 rings (SSSR count). The molecule has 7 heteroatoms. The van der Waals surface area contributed by atoms with E-state index < -0.39 is 0 Å². The van der Waals surface area contributed by atoms with Crippen molar-refractivity contribution in [1.29, 1.82) is 0 Å². The molecule has 0 aliphatic heterocycles. The lowest BCUT2D eigenvalue weighted by Crippen LogP contribution is -2.24. The van der Waals surface area contributed by atoms with Crippen LogP contribution in [0.4, 0.5) is 0 Å². The SMILES string of the molecule is CC[C@@H](C)c1nc2ccc(Br)cc2c(=O)n1N=Cc1cccc(OC)c1OCC(C)(C)C. The van der Waals surface area contributed by atoms with Crippen LogP contribution in [-0.2, 0) is 0 Å². The molecule has 0 N–H and O–H groups in total. The van der Waals surface area contributed by atoms with Gasteiger partial charge >= 0.3 is 0 Å². The molecule has 0 radical (unpaired) electrons. The molecule has 0 saturated heterocycles. The summed E-state index contributed by atoms with van der Waals surface area (Å²) in [5.41, 5.74) is 1.16. The van der Waals surface area contributed by atoms with Gasteiger partial charge in [0.1, 0.15) is 5.82 Å². The molecule has 1 heterocycles. The molecule has 3 aromatic rings. The van der Waals surface area contributed by atoms with E-state index in [1.165, 1.54) is 4.68 Å². The molecule has 6 nitrogen and oxygen atoms in total. The number of halogens is 1. The zero-order valence-corrected chi connectivity index (χ0v) is 21.1. The third-order valence-corrected chi connectivity index (χ3v) is 5.57. The fourth-order valence-corrected chi connectivity index (χ4v) is 3.50. The van der Waals surface area contributed by atoms with E-state index in [9.17, 15) is 4.79 Å². The van der Waals surface area contributed by atoms with Crippen molar-refractivity contribution in [2.75, 3.05) is 13.7 Å². The number of methoxy groups -OCH3 is 1. The highest BCUT2D eigenvalue weighted by Crippen LogP contribution is 2.32. The van der Waals surface area contributed by atoms with Crippen molar-refractivity contribution in [3.05, 3.63) is 62.6 Å². The van der Waals surface area contributed by atoms with Crippen molar-refractivity contribution in [2.45, 2.75) is 47.0 Å². The van der Waals surface area contributed by atoms with Crippen LogP contribution < -0.4 is 15.0 Å². The first kappa shape index (κ1) is 24.0. The maximum Gasteiger partial charge on any atom is 0.282 e. The first-order valence-electron chi connectivity index (χ1n) is 10.7. The molecular weight excluding hydrogens is 470 g/mol. The zero-order valence-electron chi connectivity index (χ0n) is 19.5. The van der Waals surface area contributed by atoms with Crippen molar-refractivity contribution in [1.82, 2.24) is 9.66 Å². The van der Waals surface area contributed by atoms with Gasteiger partial charge in [-0.3, -0.25) is 4.79 Å². The lowest BCUT2D eigenvalue weighted by molar-refractivity contribution is 0.191. The fraction of sp³-hybridized carbons (Fsp3) is 0.400. The van der Waals surface area contributed by atoms with E-state index >= 15 is 0 Å². The number of para-hydroxylation sites is 1. The van der Waals surface area contributed by atoms with Gasteiger partial charge < -0.3 is 9.47 Å². The summed E-state index contributed by atoms with van der Waals surface area (Å²) in [6.07, 6.45) is 2.47. The molecule has 0 unspecified atom stereocenters. The van der Waals surface area contributed by atoms with Crippen molar-refractivity contribution >= 4 is 33.0 Å². The van der Waals surface area contributed by atoms with Crippen LogP contribution in [-0.4, -0.2) is 29.6 Å². The highest BCUT2D eigenvalue weighted by atomic mass is 79.9. The van der Waals surface area contributed by atoms with E-state index in [4.69, 9.17) is 14.5 Å². The first-order valence-corrected chi connectivity index (χ1v) is 11.5. The lowest BCUT2D eigenvalue weighted by Gasteiger charge is -2.21. The van der Waals surface area contributed by atoms with Gasteiger partial charge in [0, 0.05) is 16.0 Å².